The van der Waals surface area contributed by atoms with Gasteiger partial charge < -0.3 is 0 Å². The summed E-state index contributed by atoms with van der Waals surface area (Å²) < 4.78 is 4.37. The Morgan fingerprint density at radius 3 is 2.88 bits per heavy atom. The fraction of sp³-hybridized carbons (Fsp3) is 0.333. The number of aliphatic imine (C=N–C) groups is 1. The molecule has 1 heterocycles. The highest BCUT2D eigenvalue weighted by Gasteiger charge is 2.21. The minimum absolute atomic E-state index is 0.562. The number of nitro groups is 1. The summed E-state index contributed by atoms with van der Waals surface area (Å²) in [5, 5.41) is 9.77. The van der Waals surface area contributed by atoms with Crippen molar-refractivity contribution in [2.24, 2.45) is 4.99 Å². The van der Waals surface area contributed by atoms with Gasteiger partial charge in [0.25, 0.3) is 0 Å². The van der Waals surface area contributed by atoms with E-state index in [2.05, 4.69) is 9.73 Å². The number of ether oxygens (including phenoxy) is 1. The number of nitrogens with zero attached hydrogens (tertiary/aromatic N) is 2. The summed E-state index contributed by atoms with van der Waals surface area (Å²) in [6, 6.07) is 0. The Morgan fingerprint density at radius 2 is 2.62 bits per heavy atom. The van der Waals surface area contributed by atoms with E-state index < -0.39 is 11.2 Å². The van der Waals surface area contributed by atoms with Gasteiger partial charge in [-0.25, -0.2) is 0 Å². The van der Waals surface area contributed by atoms with Gasteiger partial charge in [-0.2, -0.15) is 0 Å². The Kier molecular flexibility index (Phi) is 1.21. The van der Waals surface area contributed by atoms with Gasteiger partial charge in [-0.05, 0) is 0 Å². The lowest BCUT2D eigenvalue weighted by molar-refractivity contribution is -0.545. The monoisotopic (exact) mass is 115 g/mol. The zero-order valence-electron chi connectivity index (χ0n) is 3.85. The highest BCUT2D eigenvalue weighted by molar-refractivity contribution is 5.62. The minimum atomic E-state index is -1.06. The molecule has 8 heavy (non-hydrogen) atoms. The van der Waals surface area contributed by atoms with E-state index in [1.807, 2.05) is 0 Å². The van der Waals surface area contributed by atoms with Crippen LogP contribution in [0.4, 0.5) is 0 Å². The first-order valence-electron chi connectivity index (χ1n) is 1.94. The summed E-state index contributed by atoms with van der Waals surface area (Å²) in [7, 11) is 0. The van der Waals surface area contributed by atoms with Crippen LogP contribution in [0.5, 0.6) is 0 Å². The summed E-state index contributed by atoms with van der Waals surface area (Å²) in [5.74, 6) is 0. The zero-order chi connectivity index (χ0) is 5.98. The van der Waals surface area contributed by atoms with Crippen LogP contribution in [0.15, 0.2) is 4.99 Å². The second kappa shape index (κ2) is 1.87. The third kappa shape index (κ3) is 0.812. The molecule has 43 valence electrons. The summed E-state index contributed by atoms with van der Waals surface area (Å²) in [6.07, 6.45) is 0.0648. The molecule has 0 fully saturated rings. The van der Waals surface area contributed by atoms with Crippen molar-refractivity contribution in [3.8, 4) is 0 Å². The predicted octanol–water partition coefficient (Wildman–Crippen LogP) is -0.191. The maximum absolute atomic E-state index is 9.77. The molecule has 0 saturated carbocycles. The van der Waals surface area contributed by atoms with Crippen molar-refractivity contribution in [2.45, 2.75) is 6.23 Å². The second-order valence-corrected chi connectivity index (χ2v) is 1.22. The molecule has 1 aliphatic heterocycles. The molecule has 0 aromatic rings. The average Bonchev–Trinajstić information content (AvgIpc) is 2.12. The first kappa shape index (κ1) is 5.17. The smallest absolute Gasteiger partial charge is 0.282 e. The molecule has 0 saturated heterocycles. The van der Waals surface area contributed by atoms with Gasteiger partial charge in [0.05, 0.1) is 4.92 Å². The molecule has 0 N–H and O–H groups in total. The third-order valence-corrected chi connectivity index (χ3v) is 0.683. The molecule has 0 aliphatic carbocycles. The van der Waals surface area contributed by atoms with Gasteiger partial charge in [0.15, 0.2) is 0 Å². The van der Waals surface area contributed by atoms with Crippen molar-refractivity contribution in [1.82, 2.24) is 0 Å². The molecule has 0 amide bonds. The Hall–Kier alpha value is -0.970. The standard InChI is InChI=1S/C3H3N2O3/c6-5(7)3-1-4-2-8-3/h1-3H. The summed E-state index contributed by atoms with van der Waals surface area (Å²) >= 11 is 0. The summed E-state index contributed by atoms with van der Waals surface area (Å²) in [6.45, 7) is 1.05. The molecule has 5 nitrogen and oxygen atoms in total. The molecule has 1 radical (unpaired) electrons. The van der Waals surface area contributed by atoms with Crippen molar-refractivity contribution in [3.63, 3.8) is 0 Å². The molecule has 0 spiro atoms. The van der Waals surface area contributed by atoms with Crippen LogP contribution in [0.2, 0.25) is 0 Å². The van der Waals surface area contributed by atoms with E-state index in [1.54, 1.807) is 0 Å². The van der Waals surface area contributed by atoms with E-state index in [0.29, 0.717) is 0 Å². The van der Waals surface area contributed by atoms with Crippen molar-refractivity contribution in [2.75, 3.05) is 0 Å². The van der Waals surface area contributed by atoms with Crippen LogP contribution in [0.3, 0.4) is 0 Å². The molecule has 5 heteroatoms. The largest absolute Gasteiger partial charge is 0.353 e. The van der Waals surface area contributed by atoms with Gasteiger partial charge in [-0.15, -0.1) is 0 Å². The maximum Gasteiger partial charge on any atom is 0.353 e. The van der Waals surface area contributed by atoms with Crippen molar-refractivity contribution < 1.29 is 9.66 Å². The first-order chi connectivity index (χ1) is 3.80. The topological polar surface area (TPSA) is 64.7 Å². The van der Waals surface area contributed by atoms with Gasteiger partial charge in [-0.1, -0.05) is 0 Å². The number of rotatable bonds is 1. The Bertz CT molecular complexity index is 132. The SMILES string of the molecule is O=[N+]([O-])C1C=N[CH]O1. The van der Waals surface area contributed by atoms with Crippen LogP contribution in [0.25, 0.3) is 0 Å². The van der Waals surface area contributed by atoms with Gasteiger partial charge in [0.2, 0.25) is 6.73 Å². The Morgan fingerprint density at radius 1 is 1.88 bits per heavy atom. The molecule has 0 aromatic carbocycles. The van der Waals surface area contributed by atoms with Gasteiger partial charge in [-0.3, -0.25) is 19.8 Å². The van der Waals surface area contributed by atoms with Crippen LogP contribution in [0, 0.1) is 16.8 Å². The molecule has 1 rings (SSSR count). The summed E-state index contributed by atoms with van der Waals surface area (Å²) in [4.78, 5) is 12.6. The van der Waals surface area contributed by atoms with Gasteiger partial charge in [0, 0.05) is 0 Å². The van der Waals surface area contributed by atoms with Crippen LogP contribution in [-0.4, -0.2) is 17.4 Å². The molecule has 1 unspecified atom stereocenters. The zero-order valence-corrected chi connectivity index (χ0v) is 3.85. The Labute approximate surface area is 45.1 Å². The van der Waals surface area contributed by atoms with Gasteiger partial charge >= 0.3 is 6.23 Å². The molecule has 0 bridgehead atoms. The van der Waals surface area contributed by atoms with Gasteiger partial charge in [0.1, 0.15) is 6.21 Å². The van der Waals surface area contributed by atoms with Crippen molar-refractivity contribution >= 4 is 6.21 Å². The van der Waals surface area contributed by atoms with Crippen LogP contribution in [0.1, 0.15) is 0 Å². The van der Waals surface area contributed by atoms with Crippen molar-refractivity contribution in [1.29, 1.82) is 0 Å². The van der Waals surface area contributed by atoms with Crippen molar-refractivity contribution in [3.05, 3.63) is 16.8 Å². The lowest BCUT2D eigenvalue weighted by Gasteiger charge is -1.92. The second-order valence-electron chi connectivity index (χ2n) is 1.22. The molecule has 1 aliphatic rings. The quantitative estimate of drug-likeness (QED) is 0.351. The average molecular weight is 115 g/mol. The van der Waals surface area contributed by atoms with Crippen LogP contribution < -0.4 is 0 Å². The van der Waals surface area contributed by atoms with E-state index in [0.717, 1.165) is 12.9 Å². The van der Waals surface area contributed by atoms with E-state index in [1.165, 1.54) is 0 Å². The fourth-order valence-electron chi connectivity index (χ4n) is 0.346. The molecular formula is C3H3N2O3. The highest BCUT2D eigenvalue weighted by Crippen LogP contribution is 2.00. The lowest BCUT2D eigenvalue weighted by Crippen LogP contribution is -2.19. The van der Waals surface area contributed by atoms with E-state index in [9.17, 15) is 10.1 Å². The highest BCUT2D eigenvalue weighted by atomic mass is 16.7. The molecular weight excluding hydrogens is 112 g/mol. The van der Waals surface area contributed by atoms with E-state index in [-0.39, 0.29) is 0 Å². The maximum atomic E-state index is 9.77. The summed E-state index contributed by atoms with van der Waals surface area (Å²) in [5.41, 5.74) is 0. The van der Waals surface area contributed by atoms with E-state index >= 15 is 0 Å². The first-order valence-corrected chi connectivity index (χ1v) is 1.94. The molecule has 0 aromatic heterocycles. The fourth-order valence-corrected chi connectivity index (χ4v) is 0.346. The normalized spacial score (nSPS) is 26.2. The number of hydrogen-bond donors (Lipinski definition) is 0. The van der Waals surface area contributed by atoms with Crippen LogP contribution >= 0.6 is 0 Å². The third-order valence-electron chi connectivity index (χ3n) is 0.683. The predicted molar refractivity (Wildman–Crippen MR) is 24.7 cm³/mol. The number of hydrogen-bond acceptors (Lipinski definition) is 4. The Balaban J connectivity index is 2.48. The van der Waals surface area contributed by atoms with Crippen LogP contribution in [-0.2, 0) is 4.74 Å². The molecule has 1 atom stereocenters. The lowest BCUT2D eigenvalue weighted by atomic mass is 10.7. The minimum Gasteiger partial charge on any atom is -0.282 e. The van der Waals surface area contributed by atoms with E-state index in [4.69, 9.17) is 0 Å².